The van der Waals surface area contributed by atoms with Crippen LogP contribution in [0.3, 0.4) is 0 Å². The molecule has 2 aromatic rings. The molecule has 0 aliphatic carbocycles. The number of carbonyl (C=O) groups excluding carboxylic acids is 3. The topological polar surface area (TPSA) is 98.9 Å². The summed E-state index contributed by atoms with van der Waals surface area (Å²) in [6.45, 7) is -0.201. The predicted molar refractivity (Wildman–Crippen MR) is 97.6 cm³/mol. The van der Waals surface area contributed by atoms with E-state index in [-0.39, 0.29) is 6.54 Å². The van der Waals surface area contributed by atoms with Crippen molar-refractivity contribution in [2.75, 3.05) is 19.5 Å². The number of amides is 1. The second kappa shape index (κ2) is 7.90. The molecule has 0 spiro atoms. The average Bonchev–Trinajstić information content (AvgIpc) is 2.70. The lowest BCUT2D eigenvalue weighted by molar-refractivity contribution is -0.155. The van der Waals surface area contributed by atoms with Crippen molar-refractivity contribution in [3.63, 3.8) is 0 Å². The molecule has 1 heterocycles. The number of hydrogen-bond acceptors (Lipinski definition) is 6. The molecule has 27 heavy (non-hydrogen) atoms. The maximum Gasteiger partial charge on any atom is 0.338 e. The third-order valence-electron chi connectivity index (χ3n) is 4.52. The van der Waals surface area contributed by atoms with Crippen LogP contribution in [0.1, 0.15) is 21.5 Å². The van der Waals surface area contributed by atoms with Crippen LogP contribution in [0, 0.1) is 0 Å². The van der Waals surface area contributed by atoms with Gasteiger partial charge in [-0.2, -0.15) is 0 Å². The molecular weight excluding hydrogens is 348 g/mol. The van der Waals surface area contributed by atoms with Crippen molar-refractivity contribution in [1.82, 2.24) is 4.90 Å². The molecule has 7 heteroatoms. The van der Waals surface area contributed by atoms with E-state index >= 15 is 0 Å². The summed E-state index contributed by atoms with van der Waals surface area (Å²) in [4.78, 5) is 38.3. The molecule has 0 saturated carbocycles. The van der Waals surface area contributed by atoms with Crippen molar-refractivity contribution in [3.05, 3.63) is 65.2 Å². The van der Waals surface area contributed by atoms with Crippen LogP contribution < -0.4 is 5.73 Å². The normalized spacial score (nSPS) is 15.6. The Kier molecular flexibility index (Phi) is 5.40. The quantitative estimate of drug-likeness (QED) is 0.649. The number of nitrogens with zero attached hydrogens (tertiary/aromatic N) is 1. The molecule has 0 radical (unpaired) electrons. The Balaban J connectivity index is 1.70. The van der Waals surface area contributed by atoms with E-state index in [4.69, 9.17) is 15.2 Å². The maximum atomic E-state index is 12.6. The van der Waals surface area contributed by atoms with Crippen LogP contribution in [-0.4, -0.2) is 42.5 Å². The van der Waals surface area contributed by atoms with E-state index in [9.17, 15) is 14.4 Å². The summed E-state index contributed by atoms with van der Waals surface area (Å²) >= 11 is 0. The molecule has 2 aromatic carbocycles. The zero-order chi connectivity index (χ0) is 19.4. The summed E-state index contributed by atoms with van der Waals surface area (Å²) in [5.41, 5.74) is 8.36. The monoisotopic (exact) mass is 368 g/mol. The van der Waals surface area contributed by atoms with Gasteiger partial charge in [-0.05, 0) is 35.4 Å². The first-order chi connectivity index (χ1) is 13.0. The highest BCUT2D eigenvalue weighted by atomic mass is 16.5. The average molecular weight is 368 g/mol. The van der Waals surface area contributed by atoms with Gasteiger partial charge in [-0.1, -0.05) is 24.3 Å². The zero-order valence-electron chi connectivity index (χ0n) is 14.9. The van der Waals surface area contributed by atoms with Gasteiger partial charge in [0.15, 0.2) is 6.61 Å². The van der Waals surface area contributed by atoms with Crippen molar-refractivity contribution in [2.45, 2.75) is 19.0 Å². The number of esters is 2. The first-order valence-electron chi connectivity index (χ1n) is 8.46. The van der Waals surface area contributed by atoms with E-state index in [0.717, 1.165) is 11.1 Å². The van der Waals surface area contributed by atoms with Crippen LogP contribution in [0.15, 0.2) is 48.5 Å². The van der Waals surface area contributed by atoms with E-state index in [1.807, 2.05) is 24.3 Å². The Morgan fingerprint density at radius 1 is 1.07 bits per heavy atom. The van der Waals surface area contributed by atoms with Crippen LogP contribution in [0.4, 0.5) is 5.69 Å². The molecule has 7 nitrogen and oxygen atoms in total. The number of fused-ring (bicyclic) bond motifs is 1. The van der Waals surface area contributed by atoms with Gasteiger partial charge in [-0.3, -0.25) is 4.79 Å². The van der Waals surface area contributed by atoms with Gasteiger partial charge in [0, 0.05) is 18.7 Å². The molecule has 140 valence electrons. The lowest BCUT2D eigenvalue weighted by Crippen LogP contribution is -2.50. The van der Waals surface area contributed by atoms with Crippen LogP contribution >= 0.6 is 0 Å². The van der Waals surface area contributed by atoms with Gasteiger partial charge < -0.3 is 20.1 Å². The van der Waals surface area contributed by atoms with E-state index in [0.29, 0.717) is 17.7 Å². The number of ether oxygens (including phenoxy) is 2. The number of carbonyl (C=O) groups is 3. The van der Waals surface area contributed by atoms with Gasteiger partial charge in [0.2, 0.25) is 0 Å². The summed E-state index contributed by atoms with van der Waals surface area (Å²) in [7, 11) is 1.28. The Labute approximate surface area is 156 Å². The van der Waals surface area contributed by atoms with E-state index < -0.39 is 30.5 Å². The molecule has 1 atom stereocenters. The highest BCUT2D eigenvalue weighted by Crippen LogP contribution is 2.24. The summed E-state index contributed by atoms with van der Waals surface area (Å²) in [6, 6.07) is 13.1. The Morgan fingerprint density at radius 3 is 2.41 bits per heavy atom. The van der Waals surface area contributed by atoms with E-state index in [1.54, 1.807) is 12.1 Å². The molecule has 3 rings (SSSR count). The minimum atomic E-state index is -0.743. The molecule has 0 unspecified atom stereocenters. The van der Waals surface area contributed by atoms with E-state index in [1.165, 1.54) is 24.1 Å². The van der Waals surface area contributed by atoms with Crippen molar-refractivity contribution in [1.29, 1.82) is 0 Å². The van der Waals surface area contributed by atoms with Crippen molar-refractivity contribution >= 4 is 23.5 Å². The minimum absolute atomic E-state index is 0.258. The van der Waals surface area contributed by atoms with Crippen molar-refractivity contribution < 1.29 is 23.9 Å². The predicted octanol–water partition coefficient (Wildman–Crippen LogP) is 1.55. The Bertz CT molecular complexity index is 863. The highest BCUT2D eigenvalue weighted by molar-refractivity contribution is 5.92. The van der Waals surface area contributed by atoms with Gasteiger partial charge in [0.05, 0.1) is 12.7 Å². The van der Waals surface area contributed by atoms with Gasteiger partial charge in [0.25, 0.3) is 5.91 Å². The maximum absolute atomic E-state index is 12.6. The molecule has 0 fully saturated rings. The zero-order valence-corrected chi connectivity index (χ0v) is 14.9. The summed E-state index contributed by atoms with van der Waals surface area (Å²) in [6.07, 6.45) is 0.362. The number of methoxy groups -OCH3 is 1. The molecule has 0 saturated heterocycles. The number of hydrogen-bond donors (Lipinski definition) is 1. The number of nitrogens with two attached hydrogens (primary N) is 1. The molecule has 0 aromatic heterocycles. The number of rotatable bonds is 4. The smallest absolute Gasteiger partial charge is 0.338 e. The van der Waals surface area contributed by atoms with Gasteiger partial charge in [0.1, 0.15) is 6.04 Å². The second-order valence-corrected chi connectivity index (χ2v) is 6.23. The minimum Gasteiger partial charge on any atom is -0.467 e. The SMILES string of the molecule is COC(=O)[C@H]1Cc2ccccc2CN1C(=O)COC(=O)c1ccc(N)cc1. The molecule has 1 aliphatic heterocycles. The number of nitrogen functional groups attached to an aromatic ring is 1. The summed E-state index contributed by atoms with van der Waals surface area (Å²) in [5.74, 6) is -1.58. The molecule has 1 amide bonds. The molecule has 1 aliphatic rings. The Morgan fingerprint density at radius 2 is 1.74 bits per heavy atom. The lowest BCUT2D eigenvalue weighted by atomic mass is 9.94. The van der Waals surface area contributed by atoms with E-state index in [2.05, 4.69) is 0 Å². The second-order valence-electron chi connectivity index (χ2n) is 6.23. The summed E-state index contributed by atoms with van der Waals surface area (Å²) < 4.78 is 9.95. The van der Waals surface area contributed by atoms with Crippen LogP contribution in [0.5, 0.6) is 0 Å². The first-order valence-corrected chi connectivity index (χ1v) is 8.46. The number of benzene rings is 2. The van der Waals surface area contributed by atoms with Gasteiger partial charge in [-0.15, -0.1) is 0 Å². The fourth-order valence-corrected chi connectivity index (χ4v) is 3.04. The Hall–Kier alpha value is -3.35. The van der Waals surface area contributed by atoms with Crippen molar-refractivity contribution in [3.8, 4) is 0 Å². The first kappa shape index (κ1) is 18.4. The molecular formula is C20H20N2O5. The molecule has 2 N–H and O–H groups in total. The largest absolute Gasteiger partial charge is 0.467 e. The standard InChI is InChI=1S/C20H20N2O5/c1-26-20(25)17-10-14-4-2-3-5-15(14)11-22(17)18(23)12-27-19(24)13-6-8-16(21)9-7-13/h2-9,17H,10-12,21H2,1H3/t17-/m1/s1. The van der Waals surface area contributed by atoms with Gasteiger partial charge >= 0.3 is 11.9 Å². The molecule has 0 bridgehead atoms. The van der Waals surface area contributed by atoms with Crippen LogP contribution in [-0.2, 0) is 32.0 Å². The van der Waals surface area contributed by atoms with Crippen LogP contribution in [0.25, 0.3) is 0 Å². The van der Waals surface area contributed by atoms with Gasteiger partial charge in [-0.25, -0.2) is 9.59 Å². The van der Waals surface area contributed by atoms with Crippen LogP contribution in [0.2, 0.25) is 0 Å². The highest BCUT2D eigenvalue weighted by Gasteiger charge is 2.35. The van der Waals surface area contributed by atoms with Crippen molar-refractivity contribution in [2.24, 2.45) is 0 Å². The third kappa shape index (κ3) is 4.08. The fraction of sp³-hybridized carbons (Fsp3) is 0.250. The third-order valence-corrected chi connectivity index (χ3v) is 4.52. The lowest BCUT2D eigenvalue weighted by Gasteiger charge is -2.35. The number of anilines is 1. The fourth-order valence-electron chi connectivity index (χ4n) is 3.04. The summed E-state index contributed by atoms with van der Waals surface area (Å²) in [5, 5.41) is 0.